The number of nitrogens with zero attached hydrogens (tertiary/aromatic N) is 1. The second kappa shape index (κ2) is 6.40. The monoisotopic (exact) mass is 275 g/mol. The Morgan fingerprint density at radius 1 is 1.35 bits per heavy atom. The maximum atomic E-state index is 12.4. The van der Waals surface area contributed by atoms with Gasteiger partial charge in [-0.25, -0.2) is 0 Å². The van der Waals surface area contributed by atoms with Crippen molar-refractivity contribution >= 4 is 5.78 Å². The molecular formula is C17H25NO2. The summed E-state index contributed by atoms with van der Waals surface area (Å²) in [4.78, 5) is 14.8. The summed E-state index contributed by atoms with van der Waals surface area (Å²) in [5.41, 5.74) is 0.738. The van der Waals surface area contributed by atoms with Crippen LogP contribution in [0.2, 0.25) is 0 Å². The molecule has 3 unspecified atom stereocenters. The van der Waals surface area contributed by atoms with E-state index in [2.05, 4.69) is 25.7 Å². The summed E-state index contributed by atoms with van der Waals surface area (Å²) < 4.78 is 5.18. The molecule has 20 heavy (non-hydrogen) atoms. The number of ketones is 1. The van der Waals surface area contributed by atoms with Crippen LogP contribution in [-0.4, -0.2) is 36.9 Å². The molecule has 0 spiro atoms. The highest BCUT2D eigenvalue weighted by Crippen LogP contribution is 2.27. The molecule has 2 rings (SSSR count). The minimum absolute atomic E-state index is 0.178. The maximum absolute atomic E-state index is 12.4. The van der Waals surface area contributed by atoms with Gasteiger partial charge < -0.3 is 4.74 Å². The average Bonchev–Trinajstić information content (AvgIpc) is 2.44. The van der Waals surface area contributed by atoms with E-state index in [9.17, 15) is 4.79 Å². The Hall–Kier alpha value is -1.35. The number of ether oxygens (including phenoxy) is 1. The van der Waals surface area contributed by atoms with Gasteiger partial charge in [-0.05, 0) is 37.3 Å². The van der Waals surface area contributed by atoms with Crippen LogP contribution in [0.1, 0.15) is 37.6 Å². The molecule has 1 saturated heterocycles. The number of methoxy groups -OCH3 is 1. The predicted octanol–water partition coefficient (Wildman–Crippen LogP) is 3.24. The first kappa shape index (κ1) is 15.0. The van der Waals surface area contributed by atoms with Gasteiger partial charge in [0.2, 0.25) is 0 Å². The molecule has 1 aromatic rings. The number of hydrogen-bond acceptors (Lipinski definition) is 3. The van der Waals surface area contributed by atoms with Crippen LogP contribution in [-0.2, 0) is 0 Å². The van der Waals surface area contributed by atoms with Gasteiger partial charge >= 0.3 is 0 Å². The van der Waals surface area contributed by atoms with E-state index >= 15 is 0 Å². The van der Waals surface area contributed by atoms with E-state index in [0.29, 0.717) is 24.4 Å². The van der Waals surface area contributed by atoms with E-state index in [1.807, 2.05) is 24.3 Å². The van der Waals surface area contributed by atoms with Crippen molar-refractivity contribution in [3.63, 3.8) is 0 Å². The smallest absolute Gasteiger partial charge is 0.176 e. The minimum atomic E-state index is 0.178. The molecule has 3 nitrogen and oxygen atoms in total. The van der Waals surface area contributed by atoms with Crippen LogP contribution in [0.15, 0.2) is 24.3 Å². The zero-order valence-electron chi connectivity index (χ0n) is 12.9. The normalized spacial score (nSPS) is 27.3. The van der Waals surface area contributed by atoms with Crippen LogP contribution < -0.4 is 4.74 Å². The van der Waals surface area contributed by atoms with Gasteiger partial charge in [-0.1, -0.05) is 26.0 Å². The lowest BCUT2D eigenvalue weighted by Gasteiger charge is -2.40. The highest BCUT2D eigenvalue weighted by atomic mass is 16.5. The number of Topliss-reactive ketones (excluding diaryl/α,β-unsaturated/α-hetero) is 1. The topological polar surface area (TPSA) is 29.5 Å². The molecule has 0 amide bonds. The first-order chi connectivity index (χ1) is 9.51. The Labute approximate surface area is 121 Å². The van der Waals surface area contributed by atoms with E-state index in [1.165, 1.54) is 6.42 Å². The van der Waals surface area contributed by atoms with Crippen molar-refractivity contribution in [2.75, 3.05) is 20.2 Å². The van der Waals surface area contributed by atoms with Gasteiger partial charge in [0, 0.05) is 18.2 Å². The van der Waals surface area contributed by atoms with E-state index in [-0.39, 0.29) is 5.78 Å². The number of piperidine rings is 1. The van der Waals surface area contributed by atoms with Crippen LogP contribution in [0.25, 0.3) is 0 Å². The Morgan fingerprint density at radius 3 is 2.80 bits per heavy atom. The molecule has 3 heteroatoms. The third-order valence-electron chi connectivity index (χ3n) is 4.46. The Bertz CT molecular complexity index is 472. The number of carbonyl (C=O) groups excluding carboxylic acids is 1. The molecule has 0 N–H and O–H groups in total. The Morgan fingerprint density at radius 2 is 2.10 bits per heavy atom. The quantitative estimate of drug-likeness (QED) is 0.790. The van der Waals surface area contributed by atoms with E-state index in [4.69, 9.17) is 4.74 Å². The van der Waals surface area contributed by atoms with Crippen LogP contribution >= 0.6 is 0 Å². The van der Waals surface area contributed by atoms with Crippen molar-refractivity contribution in [1.29, 1.82) is 0 Å². The van der Waals surface area contributed by atoms with E-state index in [1.54, 1.807) is 7.11 Å². The second-order valence-electron chi connectivity index (χ2n) is 6.14. The molecule has 110 valence electrons. The van der Waals surface area contributed by atoms with Crippen LogP contribution in [0, 0.1) is 11.8 Å². The first-order valence-electron chi connectivity index (χ1n) is 7.42. The van der Waals surface area contributed by atoms with Crippen molar-refractivity contribution in [2.45, 2.75) is 33.2 Å². The van der Waals surface area contributed by atoms with Gasteiger partial charge in [0.15, 0.2) is 5.78 Å². The standard InChI is InChI=1S/C17H25NO2/c1-12-8-13(2)14(3)18(10-12)11-17(19)15-6-5-7-16(9-15)20-4/h5-7,9,12-14H,8,10-11H2,1-4H3. The second-order valence-corrected chi connectivity index (χ2v) is 6.14. The summed E-state index contributed by atoms with van der Waals surface area (Å²) in [6.45, 7) is 8.30. The molecule has 1 aromatic carbocycles. The largest absolute Gasteiger partial charge is 0.497 e. The highest BCUT2D eigenvalue weighted by Gasteiger charge is 2.29. The molecule has 0 radical (unpaired) electrons. The molecule has 0 bridgehead atoms. The third-order valence-corrected chi connectivity index (χ3v) is 4.46. The van der Waals surface area contributed by atoms with Gasteiger partial charge in [0.05, 0.1) is 13.7 Å². The zero-order chi connectivity index (χ0) is 14.7. The van der Waals surface area contributed by atoms with Gasteiger partial charge in [0.1, 0.15) is 5.75 Å². The molecule has 1 aliphatic heterocycles. The van der Waals surface area contributed by atoms with Gasteiger partial charge in [-0.2, -0.15) is 0 Å². The van der Waals surface area contributed by atoms with Crippen molar-refractivity contribution < 1.29 is 9.53 Å². The Kier molecular flexibility index (Phi) is 4.81. The van der Waals surface area contributed by atoms with Crippen molar-refractivity contribution in [3.05, 3.63) is 29.8 Å². The van der Waals surface area contributed by atoms with Gasteiger partial charge in [0.25, 0.3) is 0 Å². The predicted molar refractivity (Wildman–Crippen MR) is 81.3 cm³/mol. The summed E-state index contributed by atoms with van der Waals surface area (Å²) in [7, 11) is 1.62. The summed E-state index contributed by atoms with van der Waals surface area (Å²) in [5.74, 6) is 2.23. The fourth-order valence-electron chi connectivity index (χ4n) is 3.11. The zero-order valence-corrected chi connectivity index (χ0v) is 12.9. The first-order valence-corrected chi connectivity index (χ1v) is 7.42. The number of benzene rings is 1. The lowest BCUT2D eigenvalue weighted by Crippen LogP contribution is -2.47. The molecule has 1 heterocycles. The van der Waals surface area contributed by atoms with Crippen LogP contribution in [0.3, 0.4) is 0 Å². The molecule has 0 aliphatic carbocycles. The van der Waals surface area contributed by atoms with Crippen LogP contribution in [0.4, 0.5) is 0 Å². The summed E-state index contributed by atoms with van der Waals surface area (Å²) in [5, 5.41) is 0. The molecule has 3 atom stereocenters. The SMILES string of the molecule is COc1cccc(C(=O)CN2CC(C)CC(C)C2C)c1. The fourth-order valence-corrected chi connectivity index (χ4v) is 3.11. The molecule has 1 fully saturated rings. The fraction of sp³-hybridized carbons (Fsp3) is 0.588. The summed E-state index contributed by atoms with van der Waals surface area (Å²) in [6.07, 6.45) is 1.25. The summed E-state index contributed by atoms with van der Waals surface area (Å²) >= 11 is 0. The molecule has 0 saturated carbocycles. The highest BCUT2D eigenvalue weighted by molar-refractivity contribution is 5.98. The molecule has 1 aliphatic rings. The lowest BCUT2D eigenvalue weighted by atomic mass is 9.86. The summed E-state index contributed by atoms with van der Waals surface area (Å²) in [6, 6.07) is 7.90. The number of rotatable bonds is 4. The van der Waals surface area contributed by atoms with E-state index in [0.717, 1.165) is 17.9 Å². The maximum Gasteiger partial charge on any atom is 0.176 e. The number of carbonyl (C=O) groups is 1. The number of hydrogen-bond donors (Lipinski definition) is 0. The lowest BCUT2D eigenvalue weighted by molar-refractivity contribution is 0.0649. The van der Waals surface area contributed by atoms with Crippen LogP contribution in [0.5, 0.6) is 5.75 Å². The number of likely N-dealkylation sites (tertiary alicyclic amines) is 1. The van der Waals surface area contributed by atoms with Crippen molar-refractivity contribution in [3.8, 4) is 5.75 Å². The third kappa shape index (κ3) is 3.40. The van der Waals surface area contributed by atoms with Crippen molar-refractivity contribution in [1.82, 2.24) is 4.90 Å². The van der Waals surface area contributed by atoms with E-state index < -0.39 is 0 Å². The van der Waals surface area contributed by atoms with Gasteiger partial charge in [-0.15, -0.1) is 0 Å². The van der Waals surface area contributed by atoms with Gasteiger partial charge in [-0.3, -0.25) is 9.69 Å². The minimum Gasteiger partial charge on any atom is -0.497 e. The molecular weight excluding hydrogens is 250 g/mol. The Balaban J connectivity index is 2.06. The molecule has 0 aromatic heterocycles. The average molecular weight is 275 g/mol. The van der Waals surface area contributed by atoms with Crippen molar-refractivity contribution in [2.24, 2.45) is 11.8 Å².